The molecule has 2 atom stereocenters. The van der Waals surface area contributed by atoms with E-state index in [2.05, 4.69) is 10.6 Å². The van der Waals surface area contributed by atoms with Crippen molar-refractivity contribution in [1.82, 2.24) is 15.5 Å². The van der Waals surface area contributed by atoms with Gasteiger partial charge < -0.3 is 20.3 Å². The molecule has 0 aliphatic heterocycles. The second-order valence-corrected chi connectivity index (χ2v) is 12.2. The number of rotatable bonds is 8. The van der Waals surface area contributed by atoms with Gasteiger partial charge in [0.05, 0.1) is 0 Å². The summed E-state index contributed by atoms with van der Waals surface area (Å²) in [6, 6.07) is 13.2. The van der Waals surface area contributed by atoms with Crippen molar-refractivity contribution in [2.45, 2.75) is 105 Å². The van der Waals surface area contributed by atoms with Gasteiger partial charge in [-0.25, -0.2) is 4.79 Å². The van der Waals surface area contributed by atoms with E-state index in [4.69, 9.17) is 4.74 Å². The van der Waals surface area contributed by atoms with E-state index in [1.165, 1.54) is 0 Å². The van der Waals surface area contributed by atoms with Crippen LogP contribution in [0, 0.1) is 13.8 Å². The summed E-state index contributed by atoms with van der Waals surface area (Å²) in [5.41, 5.74) is 2.30. The van der Waals surface area contributed by atoms with Crippen molar-refractivity contribution in [2.24, 2.45) is 0 Å². The molecule has 0 saturated heterocycles. The van der Waals surface area contributed by atoms with Crippen LogP contribution in [-0.4, -0.2) is 46.0 Å². The second kappa shape index (κ2) is 12.5. The number of hydrogen-bond acceptors (Lipinski definition) is 4. The van der Waals surface area contributed by atoms with Gasteiger partial charge in [-0.1, -0.05) is 54.1 Å². The molecule has 0 aliphatic carbocycles. The Morgan fingerprint density at radius 1 is 0.921 bits per heavy atom. The fourth-order valence-corrected chi connectivity index (χ4v) is 4.27. The van der Waals surface area contributed by atoms with Crippen LogP contribution in [0.1, 0.15) is 83.7 Å². The maximum Gasteiger partial charge on any atom is 0.408 e. The number of nitrogens with zero attached hydrogens (tertiary/aromatic N) is 1. The molecule has 0 saturated carbocycles. The molecule has 2 unspecified atom stereocenters. The molecule has 0 fully saturated rings. The predicted molar refractivity (Wildman–Crippen MR) is 152 cm³/mol. The monoisotopic (exact) mass is 523 g/mol. The van der Waals surface area contributed by atoms with E-state index in [1.807, 2.05) is 97.0 Å². The van der Waals surface area contributed by atoms with Gasteiger partial charge >= 0.3 is 6.09 Å². The summed E-state index contributed by atoms with van der Waals surface area (Å²) in [5, 5.41) is 5.86. The Kier molecular flexibility index (Phi) is 10.1. The van der Waals surface area contributed by atoms with Crippen molar-refractivity contribution in [3.63, 3.8) is 0 Å². The number of carbonyl (C=O) groups is 3. The Bertz CT molecular complexity index is 1110. The van der Waals surface area contributed by atoms with Crippen molar-refractivity contribution in [3.8, 4) is 0 Å². The Morgan fingerprint density at radius 2 is 1.53 bits per heavy atom. The van der Waals surface area contributed by atoms with Gasteiger partial charge in [-0.15, -0.1) is 0 Å². The smallest absolute Gasteiger partial charge is 0.408 e. The van der Waals surface area contributed by atoms with Crippen molar-refractivity contribution < 1.29 is 19.1 Å². The number of carbonyl (C=O) groups excluding carboxylic acids is 3. The minimum absolute atomic E-state index is 0.253. The van der Waals surface area contributed by atoms with Gasteiger partial charge in [-0.3, -0.25) is 9.59 Å². The molecule has 2 N–H and O–H groups in total. The van der Waals surface area contributed by atoms with Gasteiger partial charge in [0.15, 0.2) is 0 Å². The zero-order chi connectivity index (χ0) is 28.8. The third-order valence-corrected chi connectivity index (χ3v) is 5.84. The van der Waals surface area contributed by atoms with Gasteiger partial charge in [0.1, 0.15) is 17.7 Å². The van der Waals surface area contributed by atoms with E-state index in [0.29, 0.717) is 0 Å². The molecule has 38 heavy (non-hydrogen) atoms. The predicted octanol–water partition coefficient (Wildman–Crippen LogP) is 5.63. The molecule has 0 radical (unpaired) electrons. The molecule has 7 nitrogen and oxygen atoms in total. The Labute approximate surface area is 228 Å². The normalized spacial score (nSPS) is 13.4. The average Bonchev–Trinajstić information content (AvgIpc) is 2.76. The molecule has 0 heterocycles. The minimum Gasteiger partial charge on any atom is -0.444 e. The average molecular weight is 524 g/mol. The number of nitrogens with one attached hydrogen (secondary N) is 2. The Balaban J connectivity index is 2.61. The van der Waals surface area contributed by atoms with E-state index >= 15 is 0 Å². The zero-order valence-corrected chi connectivity index (χ0v) is 24.6. The molecular weight excluding hydrogens is 478 g/mol. The first-order valence-electron chi connectivity index (χ1n) is 13.2. The van der Waals surface area contributed by atoms with Crippen molar-refractivity contribution in [3.05, 3.63) is 70.8 Å². The van der Waals surface area contributed by atoms with E-state index < -0.39 is 29.3 Å². The fraction of sp³-hybridized carbons (Fsp3) is 0.516. The van der Waals surface area contributed by atoms with Crippen LogP contribution in [0.3, 0.4) is 0 Å². The molecule has 2 aromatic rings. The summed E-state index contributed by atoms with van der Waals surface area (Å²) in [6.07, 6.45) is -0.430. The van der Waals surface area contributed by atoms with Crippen LogP contribution in [0.4, 0.5) is 4.79 Å². The Morgan fingerprint density at radius 3 is 2.05 bits per heavy atom. The largest absolute Gasteiger partial charge is 0.444 e. The number of amides is 3. The first kappa shape index (κ1) is 30.9. The Hall–Kier alpha value is -3.35. The minimum atomic E-state index is -0.940. The van der Waals surface area contributed by atoms with Crippen LogP contribution in [0.25, 0.3) is 0 Å². The molecule has 2 rings (SSSR count). The second-order valence-electron chi connectivity index (χ2n) is 12.2. The standard InChI is InChI=1S/C31H45N3O4/c1-20(2)34(26(27(35)33-30(5,6)7)24-18-21(3)16-17-22(24)4)28(36)25(19-23-14-12-11-13-15-23)32-29(37)38-31(8,9)10/h11-18,20,25-26H,19H2,1-10H3,(H,32,37)(H,33,35). The van der Waals surface area contributed by atoms with Crippen LogP contribution in [0.5, 0.6) is 0 Å². The molecule has 0 aliphatic rings. The van der Waals surface area contributed by atoms with Crippen LogP contribution >= 0.6 is 0 Å². The van der Waals surface area contributed by atoms with Crippen LogP contribution in [0.2, 0.25) is 0 Å². The molecule has 0 spiro atoms. The SMILES string of the molecule is Cc1ccc(C)c(C(C(=O)NC(C)(C)C)N(C(=O)C(Cc2ccccc2)NC(=O)OC(C)(C)C)C(C)C)c1. The van der Waals surface area contributed by atoms with Crippen LogP contribution in [0.15, 0.2) is 48.5 Å². The number of hydrogen-bond donors (Lipinski definition) is 2. The molecule has 3 amide bonds. The summed E-state index contributed by atoms with van der Waals surface area (Å²) >= 11 is 0. The lowest BCUT2D eigenvalue weighted by atomic mass is 9.93. The van der Waals surface area contributed by atoms with Gasteiger partial charge in [-0.05, 0) is 85.9 Å². The van der Waals surface area contributed by atoms with E-state index in [9.17, 15) is 14.4 Å². The van der Waals surface area contributed by atoms with E-state index in [-0.39, 0.29) is 24.3 Å². The molecule has 0 bridgehead atoms. The summed E-state index contributed by atoms with van der Waals surface area (Å²) in [5.74, 6) is -0.631. The van der Waals surface area contributed by atoms with Gasteiger partial charge in [0.25, 0.3) is 0 Å². The van der Waals surface area contributed by atoms with E-state index in [0.717, 1.165) is 22.3 Å². The highest BCUT2D eigenvalue weighted by molar-refractivity contribution is 5.93. The number of aryl methyl sites for hydroxylation is 2. The maximum atomic E-state index is 14.3. The third-order valence-electron chi connectivity index (χ3n) is 5.84. The lowest BCUT2D eigenvalue weighted by molar-refractivity contribution is -0.145. The summed E-state index contributed by atoms with van der Waals surface area (Å²) in [7, 11) is 0. The molecule has 7 heteroatoms. The van der Waals surface area contributed by atoms with Gasteiger partial charge in [0.2, 0.25) is 11.8 Å². The summed E-state index contributed by atoms with van der Waals surface area (Å²) < 4.78 is 5.49. The lowest BCUT2D eigenvalue weighted by Gasteiger charge is -2.39. The van der Waals surface area contributed by atoms with Crippen molar-refractivity contribution in [1.29, 1.82) is 0 Å². The molecule has 0 aromatic heterocycles. The van der Waals surface area contributed by atoms with Crippen molar-refractivity contribution >= 4 is 17.9 Å². The summed E-state index contributed by atoms with van der Waals surface area (Å²) in [4.78, 5) is 42.6. The highest BCUT2D eigenvalue weighted by Crippen LogP contribution is 2.29. The molecule has 2 aromatic carbocycles. The first-order chi connectivity index (χ1) is 17.5. The third kappa shape index (κ3) is 9.19. The van der Waals surface area contributed by atoms with Crippen molar-refractivity contribution in [2.75, 3.05) is 0 Å². The zero-order valence-electron chi connectivity index (χ0n) is 24.6. The molecular formula is C31H45N3O4. The van der Waals surface area contributed by atoms with Gasteiger partial charge in [-0.2, -0.15) is 0 Å². The van der Waals surface area contributed by atoms with Crippen LogP contribution < -0.4 is 10.6 Å². The topological polar surface area (TPSA) is 87.7 Å². The van der Waals surface area contributed by atoms with Crippen LogP contribution in [-0.2, 0) is 20.7 Å². The number of ether oxygens (including phenoxy) is 1. The quantitative estimate of drug-likeness (QED) is 0.469. The summed E-state index contributed by atoms with van der Waals surface area (Å²) in [6.45, 7) is 18.7. The lowest BCUT2D eigenvalue weighted by Crippen LogP contribution is -2.57. The first-order valence-corrected chi connectivity index (χ1v) is 13.2. The number of alkyl carbamates (subject to hydrolysis) is 1. The molecule has 208 valence electrons. The van der Waals surface area contributed by atoms with Gasteiger partial charge in [0, 0.05) is 18.0 Å². The highest BCUT2D eigenvalue weighted by Gasteiger charge is 2.39. The fourth-order valence-electron chi connectivity index (χ4n) is 4.27. The van der Waals surface area contributed by atoms with E-state index in [1.54, 1.807) is 25.7 Å². The maximum absolute atomic E-state index is 14.3. The highest BCUT2D eigenvalue weighted by atomic mass is 16.6. The number of benzene rings is 2.